The molecule has 0 spiro atoms. The molecule has 0 atom stereocenters. The Kier molecular flexibility index (Phi) is 3.65. The van der Waals surface area contributed by atoms with Gasteiger partial charge in [-0.05, 0) is 42.7 Å². The molecule has 0 fully saturated rings. The molecule has 3 rings (SSSR count). The van der Waals surface area contributed by atoms with E-state index in [1.165, 1.54) is 23.0 Å². The molecule has 0 unspecified atom stereocenters. The zero-order valence-electron chi connectivity index (χ0n) is 12.8. The Morgan fingerprint density at radius 2 is 1.83 bits per heavy atom. The van der Waals surface area contributed by atoms with Gasteiger partial charge in [-0.15, -0.1) is 0 Å². The smallest absolute Gasteiger partial charge is 0.269 e. The average Bonchev–Trinajstić information content (AvgIpc) is 2.91. The van der Waals surface area contributed by atoms with Crippen molar-refractivity contribution in [2.45, 2.75) is 20.3 Å². The zero-order chi connectivity index (χ0) is 16.6. The Bertz CT molecular complexity index is 911. The summed E-state index contributed by atoms with van der Waals surface area (Å²) in [6.45, 7) is 4.00. The lowest BCUT2D eigenvalue weighted by Gasteiger charge is -2.05. The first-order valence-corrected chi connectivity index (χ1v) is 7.16. The number of nitro benzene ring substituents is 1. The van der Waals surface area contributed by atoms with Crippen LogP contribution < -0.4 is 0 Å². The van der Waals surface area contributed by atoms with Gasteiger partial charge in [-0.25, -0.2) is 4.98 Å². The third-order valence-corrected chi connectivity index (χ3v) is 3.93. The van der Waals surface area contributed by atoms with Crippen molar-refractivity contribution in [3.8, 4) is 0 Å². The highest BCUT2D eigenvalue weighted by Gasteiger charge is 2.13. The molecule has 0 aliphatic rings. The van der Waals surface area contributed by atoms with Crippen LogP contribution in [-0.4, -0.2) is 20.4 Å². The standard InChI is InChI=1S/C17H15N3O3/c1-11-7-15-16(8-12(11)2)19(10-18-15)17(21)9-13-3-5-14(6-4-13)20(22)23/h3-8,10H,9H2,1-2H3. The number of aromatic nitrogens is 2. The molecule has 1 heterocycles. The molecule has 0 bridgehead atoms. The summed E-state index contributed by atoms with van der Waals surface area (Å²) in [5.74, 6) is -0.121. The average molecular weight is 309 g/mol. The normalized spacial score (nSPS) is 10.9. The number of non-ortho nitro benzene ring substituents is 1. The summed E-state index contributed by atoms with van der Waals surface area (Å²) in [7, 11) is 0. The van der Waals surface area contributed by atoms with E-state index in [2.05, 4.69) is 4.98 Å². The van der Waals surface area contributed by atoms with E-state index >= 15 is 0 Å². The van der Waals surface area contributed by atoms with Crippen LogP contribution in [0.1, 0.15) is 21.5 Å². The number of aryl methyl sites for hydroxylation is 2. The predicted octanol–water partition coefficient (Wildman–Crippen LogP) is 3.44. The number of imidazole rings is 1. The number of rotatable bonds is 3. The molecule has 1 aromatic heterocycles. The van der Waals surface area contributed by atoms with Crippen molar-refractivity contribution in [1.29, 1.82) is 0 Å². The topological polar surface area (TPSA) is 78.0 Å². The quantitative estimate of drug-likeness (QED) is 0.548. The van der Waals surface area contributed by atoms with Gasteiger partial charge in [0.1, 0.15) is 6.33 Å². The van der Waals surface area contributed by atoms with Gasteiger partial charge in [0.25, 0.3) is 5.69 Å². The minimum atomic E-state index is -0.458. The van der Waals surface area contributed by atoms with Crippen molar-refractivity contribution < 1.29 is 9.72 Å². The molecular weight excluding hydrogens is 294 g/mol. The lowest BCUT2D eigenvalue weighted by Crippen LogP contribution is -2.12. The minimum Gasteiger partial charge on any atom is -0.274 e. The van der Waals surface area contributed by atoms with Crippen LogP contribution in [0, 0.1) is 24.0 Å². The monoisotopic (exact) mass is 309 g/mol. The summed E-state index contributed by atoms with van der Waals surface area (Å²) in [5, 5.41) is 10.7. The molecule has 0 saturated carbocycles. The van der Waals surface area contributed by atoms with Crippen LogP contribution in [0.3, 0.4) is 0 Å². The van der Waals surface area contributed by atoms with Gasteiger partial charge in [-0.1, -0.05) is 12.1 Å². The molecular formula is C17H15N3O3. The predicted molar refractivity (Wildman–Crippen MR) is 86.6 cm³/mol. The Hall–Kier alpha value is -3.02. The van der Waals surface area contributed by atoms with E-state index in [1.807, 2.05) is 26.0 Å². The third kappa shape index (κ3) is 2.83. The fourth-order valence-corrected chi connectivity index (χ4v) is 2.46. The number of fused-ring (bicyclic) bond motifs is 1. The van der Waals surface area contributed by atoms with Crippen LogP contribution >= 0.6 is 0 Å². The maximum absolute atomic E-state index is 12.5. The molecule has 2 aromatic carbocycles. The van der Waals surface area contributed by atoms with Crippen LogP contribution in [-0.2, 0) is 6.42 Å². The molecule has 6 heteroatoms. The first kappa shape index (κ1) is 14.9. The van der Waals surface area contributed by atoms with Crippen LogP contribution in [0.4, 0.5) is 5.69 Å². The Labute approximate surface area is 132 Å². The molecule has 3 aromatic rings. The molecule has 0 amide bonds. The summed E-state index contributed by atoms with van der Waals surface area (Å²) in [4.78, 5) is 27.0. The molecule has 6 nitrogen and oxygen atoms in total. The molecule has 0 radical (unpaired) electrons. The Balaban J connectivity index is 1.88. The molecule has 0 aliphatic carbocycles. The van der Waals surface area contributed by atoms with Crippen molar-refractivity contribution >= 4 is 22.6 Å². The van der Waals surface area contributed by atoms with Gasteiger partial charge in [-0.2, -0.15) is 0 Å². The van der Waals surface area contributed by atoms with E-state index in [0.717, 1.165) is 27.7 Å². The van der Waals surface area contributed by atoms with Gasteiger partial charge in [0.15, 0.2) is 0 Å². The summed E-state index contributed by atoms with van der Waals surface area (Å²) in [6.07, 6.45) is 1.69. The second-order valence-electron chi connectivity index (χ2n) is 5.53. The second-order valence-corrected chi connectivity index (χ2v) is 5.53. The number of benzene rings is 2. The van der Waals surface area contributed by atoms with Crippen LogP contribution in [0.5, 0.6) is 0 Å². The molecule has 0 N–H and O–H groups in total. The highest BCUT2D eigenvalue weighted by atomic mass is 16.6. The SMILES string of the molecule is Cc1cc2ncn(C(=O)Cc3ccc([N+](=O)[O-])cc3)c2cc1C. The summed E-state index contributed by atoms with van der Waals surface area (Å²) in [5.41, 5.74) is 4.53. The molecule has 0 aliphatic heterocycles. The fourth-order valence-electron chi connectivity index (χ4n) is 2.46. The largest absolute Gasteiger partial charge is 0.274 e. The number of nitrogens with zero attached hydrogens (tertiary/aromatic N) is 3. The molecule has 0 saturated heterocycles. The number of hydrogen-bond acceptors (Lipinski definition) is 4. The lowest BCUT2D eigenvalue weighted by atomic mass is 10.1. The Morgan fingerprint density at radius 1 is 1.17 bits per heavy atom. The van der Waals surface area contributed by atoms with Gasteiger partial charge in [-0.3, -0.25) is 19.5 Å². The van der Waals surface area contributed by atoms with E-state index in [-0.39, 0.29) is 18.0 Å². The van der Waals surface area contributed by atoms with Gasteiger partial charge in [0, 0.05) is 12.1 Å². The van der Waals surface area contributed by atoms with Crippen LogP contribution in [0.25, 0.3) is 11.0 Å². The number of carbonyl (C=O) groups is 1. The first-order chi connectivity index (χ1) is 11.0. The van der Waals surface area contributed by atoms with Crippen molar-refractivity contribution in [3.63, 3.8) is 0 Å². The fraction of sp³-hybridized carbons (Fsp3) is 0.176. The number of nitro groups is 1. The van der Waals surface area contributed by atoms with Crippen LogP contribution in [0.15, 0.2) is 42.7 Å². The van der Waals surface area contributed by atoms with Crippen molar-refractivity contribution in [3.05, 3.63) is 69.5 Å². The molecule has 23 heavy (non-hydrogen) atoms. The van der Waals surface area contributed by atoms with Crippen molar-refractivity contribution in [2.75, 3.05) is 0 Å². The Morgan fingerprint density at radius 3 is 2.48 bits per heavy atom. The van der Waals surface area contributed by atoms with E-state index in [9.17, 15) is 14.9 Å². The highest BCUT2D eigenvalue weighted by Crippen LogP contribution is 2.19. The van der Waals surface area contributed by atoms with Crippen molar-refractivity contribution in [1.82, 2.24) is 9.55 Å². The van der Waals surface area contributed by atoms with Gasteiger partial charge < -0.3 is 0 Å². The molecule has 116 valence electrons. The lowest BCUT2D eigenvalue weighted by molar-refractivity contribution is -0.384. The number of hydrogen-bond donors (Lipinski definition) is 0. The van der Waals surface area contributed by atoms with Crippen LogP contribution in [0.2, 0.25) is 0 Å². The van der Waals surface area contributed by atoms with E-state index in [1.54, 1.807) is 12.1 Å². The third-order valence-electron chi connectivity index (χ3n) is 3.93. The maximum atomic E-state index is 12.5. The highest BCUT2D eigenvalue weighted by molar-refractivity contribution is 5.91. The summed E-state index contributed by atoms with van der Waals surface area (Å²) in [6, 6.07) is 9.92. The van der Waals surface area contributed by atoms with Gasteiger partial charge in [0.2, 0.25) is 5.91 Å². The van der Waals surface area contributed by atoms with E-state index in [0.29, 0.717) is 0 Å². The number of carbonyl (C=O) groups excluding carboxylic acids is 1. The van der Waals surface area contributed by atoms with E-state index in [4.69, 9.17) is 0 Å². The summed E-state index contributed by atoms with van der Waals surface area (Å²) < 4.78 is 1.53. The second kappa shape index (κ2) is 5.64. The summed E-state index contributed by atoms with van der Waals surface area (Å²) >= 11 is 0. The van der Waals surface area contributed by atoms with Gasteiger partial charge >= 0.3 is 0 Å². The van der Waals surface area contributed by atoms with Gasteiger partial charge in [0.05, 0.1) is 22.4 Å². The first-order valence-electron chi connectivity index (χ1n) is 7.16. The van der Waals surface area contributed by atoms with E-state index < -0.39 is 4.92 Å². The van der Waals surface area contributed by atoms with Crippen molar-refractivity contribution in [2.24, 2.45) is 0 Å². The maximum Gasteiger partial charge on any atom is 0.269 e. The minimum absolute atomic E-state index is 0.0142. The zero-order valence-corrected chi connectivity index (χ0v) is 12.8.